The largest absolute Gasteiger partial charge is 1.00 e. The fourth-order valence-electron chi connectivity index (χ4n) is 1.28. The van der Waals surface area contributed by atoms with E-state index in [2.05, 4.69) is 5.32 Å². The van der Waals surface area contributed by atoms with Gasteiger partial charge in [0.05, 0.1) is 6.61 Å². The summed E-state index contributed by atoms with van der Waals surface area (Å²) in [4.78, 5) is 22.4. The molecule has 0 aliphatic carbocycles. The molecule has 0 aliphatic heterocycles. The second kappa shape index (κ2) is 7.76. The normalized spacial score (nSPS) is 9.29. The van der Waals surface area contributed by atoms with Gasteiger partial charge in [-0.15, -0.1) is 0 Å². The van der Waals surface area contributed by atoms with Crippen molar-refractivity contribution in [2.75, 3.05) is 13.2 Å². The SMILES string of the molecule is CC(=O)C[n+]1cccc(C(=O)NCCO)c1.[Cl-]. The van der Waals surface area contributed by atoms with Gasteiger partial charge >= 0.3 is 0 Å². The first-order valence-electron chi connectivity index (χ1n) is 5.01. The molecular weight excluding hydrogens is 244 g/mol. The molecule has 0 atom stereocenters. The zero-order valence-corrected chi connectivity index (χ0v) is 10.3. The lowest BCUT2D eigenvalue weighted by Crippen LogP contribution is -3.00. The Bertz CT molecular complexity index is 396. The van der Waals surface area contributed by atoms with E-state index in [1.54, 1.807) is 29.1 Å². The smallest absolute Gasteiger partial charge is 0.257 e. The van der Waals surface area contributed by atoms with E-state index in [0.717, 1.165) is 0 Å². The van der Waals surface area contributed by atoms with E-state index in [1.807, 2.05) is 0 Å². The van der Waals surface area contributed by atoms with Crippen LogP contribution in [0.5, 0.6) is 0 Å². The lowest BCUT2D eigenvalue weighted by molar-refractivity contribution is -0.684. The number of aliphatic hydroxyl groups is 1. The van der Waals surface area contributed by atoms with Crippen LogP contribution in [0.4, 0.5) is 0 Å². The van der Waals surface area contributed by atoms with Gasteiger partial charge in [0.1, 0.15) is 5.56 Å². The highest BCUT2D eigenvalue weighted by Crippen LogP contribution is 1.93. The molecule has 0 fully saturated rings. The number of aliphatic hydroxyl groups excluding tert-OH is 1. The monoisotopic (exact) mass is 258 g/mol. The van der Waals surface area contributed by atoms with E-state index < -0.39 is 0 Å². The van der Waals surface area contributed by atoms with Crippen LogP contribution >= 0.6 is 0 Å². The van der Waals surface area contributed by atoms with Crippen LogP contribution in [0.15, 0.2) is 24.5 Å². The average Bonchev–Trinajstić information content (AvgIpc) is 2.25. The molecule has 1 rings (SSSR count). The number of carbonyl (C=O) groups excluding carboxylic acids is 2. The summed E-state index contributed by atoms with van der Waals surface area (Å²) in [6.45, 7) is 1.87. The molecule has 0 saturated carbocycles. The summed E-state index contributed by atoms with van der Waals surface area (Å²) in [6, 6.07) is 3.36. The third kappa shape index (κ3) is 5.42. The van der Waals surface area contributed by atoms with E-state index in [-0.39, 0.29) is 43.8 Å². The first kappa shape index (κ1) is 15.5. The summed E-state index contributed by atoms with van der Waals surface area (Å²) in [5.41, 5.74) is 0.470. The van der Waals surface area contributed by atoms with Crippen LogP contribution in [-0.4, -0.2) is 29.9 Å². The highest BCUT2D eigenvalue weighted by atomic mass is 35.5. The number of amides is 1. The predicted molar refractivity (Wildman–Crippen MR) is 56.7 cm³/mol. The lowest BCUT2D eigenvalue weighted by Gasteiger charge is -2.01. The minimum atomic E-state index is -0.257. The fourth-order valence-corrected chi connectivity index (χ4v) is 1.28. The van der Waals surface area contributed by atoms with Crippen LogP contribution in [0.25, 0.3) is 0 Å². The molecule has 5 nitrogen and oxygen atoms in total. The second-order valence-electron chi connectivity index (χ2n) is 3.45. The zero-order valence-electron chi connectivity index (χ0n) is 9.52. The van der Waals surface area contributed by atoms with Gasteiger partial charge in [-0.05, 0) is 6.07 Å². The Morgan fingerprint density at radius 1 is 1.47 bits per heavy atom. The first-order valence-corrected chi connectivity index (χ1v) is 5.01. The number of pyridine rings is 1. The number of halogens is 1. The average molecular weight is 259 g/mol. The van der Waals surface area contributed by atoms with Gasteiger partial charge in [-0.3, -0.25) is 9.59 Å². The molecule has 1 amide bonds. The van der Waals surface area contributed by atoms with Crippen molar-refractivity contribution in [1.82, 2.24) is 5.32 Å². The summed E-state index contributed by atoms with van der Waals surface area (Å²) in [7, 11) is 0. The summed E-state index contributed by atoms with van der Waals surface area (Å²) in [5, 5.41) is 11.1. The number of carbonyl (C=O) groups is 2. The van der Waals surface area contributed by atoms with Crippen LogP contribution in [0.3, 0.4) is 0 Å². The number of rotatable bonds is 5. The Morgan fingerprint density at radius 3 is 2.76 bits per heavy atom. The Balaban J connectivity index is 0.00000256. The predicted octanol–water partition coefficient (Wildman–Crippen LogP) is -3.71. The molecule has 94 valence electrons. The third-order valence-electron chi connectivity index (χ3n) is 1.92. The van der Waals surface area contributed by atoms with Gasteiger partial charge in [0.25, 0.3) is 5.91 Å². The Hall–Kier alpha value is -1.46. The van der Waals surface area contributed by atoms with E-state index in [9.17, 15) is 9.59 Å². The molecule has 0 unspecified atom stereocenters. The first-order chi connectivity index (χ1) is 7.63. The van der Waals surface area contributed by atoms with Crippen molar-refractivity contribution in [3.8, 4) is 0 Å². The van der Waals surface area contributed by atoms with Gasteiger partial charge in [-0.1, -0.05) is 0 Å². The molecular formula is C11H15ClN2O3. The van der Waals surface area contributed by atoms with Crippen molar-refractivity contribution in [1.29, 1.82) is 0 Å². The number of hydrogen-bond donors (Lipinski definition) is 2. The molecule has 0 bridgehead atoms. The standard InChI is InChI=1S/C11H14N2O3.ClH/c1-9(15)7-13-5-2-3-10(8-13)11(16)12-4-6-14;/h2-3,5,8,14H,4,6-7H2,1H3;1H. The summed E-state index contributed by atoms with van der Waals surface area (Å²) in [5.74, 6) is -0.232. The number of nitrogens with zero attached hydrogens (tertiary/aromatic N) is 1. The van der Waals surface area contributed by atoms with Gasteiger partial charge in [0.2, 0.25) is 6.54 Å². The number of aromatic nitrogens is 1. The Kier molecular flexibility index (Phi) is 7.09. The Labute approximate surface area is 106 Å². The highest BCUT2D eigenvalue weighted by Gasteiger charge is 2.10. The quantitative estimate of drug-likeness (QED) is 0.534. The van der Waals surface area contributed by atoms with Gasteiger partial charge in [-0.2, -0.15) is 4.57 Å². The molecule has 17 heavy (non-hydrogen) atoms. The Morgan fingerprint density at radius 2 is 2.18 bits per heavy atom. The fraction of sp³-hybridized carbons (Fsp3) is 0.364. The number of ketones is 1. The van der Waals surface area contributed by atoms with Crippen molar-refractivity contribution < 1.29 is 31.7 Å². The molecule has 0 spiro atoms. The topological polar surface area (TPSA) is 70.3 Å². The van der Waals surface area contributed by atoms with Crippen LogP contribution in [-0.2, 0) is 11.3 Å². The lowest BCUT2D eigenvalue weighted by atomic mass is 10.2. The van der Waals surface area contributed by atoms with Gasteiger partial charge in [0.15, 0.2) is 18.2 Å². The van der Waals surface area contributed by atoms with E-state index >= 15 is 0 Å². The summed E-state index contributed by atoms with van der Waals surface area (Å²) < 4.78 is 1.65. The molecule has 0 aromatic carbocycles. The van der Waals surface area contributed by atoms with Crippen LogP contribution in [0.2, 0.25) is 0 Å². The van der Waals surface area contributed by atoms with Crippen molar-refractivity contribution in [3.05, 3.63) is 30.1 Å². The van der Waals surface area contributed by atoms with E-state index in [0.29, 0.717) is 5.56 Å². The van der Waals surface area contributed by atoms with Gasteiger partial charge in [0, 0.05) is 19.5 Å². The van der Waals surface area contributed by atoms with Crippen LogP contribution in [0, 0.1) is 0 Å². The third-order valence-corrected chi connectivity index (χ3v) is 1.92. The molecule has 2 N–H and O–H groups in total. The van der Waals surface area contributed by atoms with Gasteiger partial charge < -0.3 is 22.8 Å². The molecule has 6 heteroatoms. The van der Waals surface area contributed by atoms with E-state index in [4.69, 9.17) is 5.11 Å². The van der Waals surface area contributed by atoms with Crippen molar-refractivity contribution in [2.24, 2.45) is 0 Å². The molecule has 0 radical (unpaired) electrons. The van der Waals surface area contributed by atoms with Crippen molar-refractivity contribution in [2.45, 2.75) is 13.5 Å². The number of hydrogen-bond acceptors (Lipinski definition) is 3. The molecule has 0 aliphatic rings. The summed E-state index contributed by atoms with van der Waals surface area (Å²) >= 11 is 0. The highest BCUT2D eigenvalue weighted by molar-refractivity contribution is 5.93. The maximum absolute atomic E-state index is 11.5. The molecule has 1 heterocycles. The molecule has 1 aromatic rings. The minimum Gasteiger partial charge on any atom is -1.00 e. The van der Waals surface area contributed by atoms with Gasteiger partial charge in [-0.25, -0.2) is 0 Å². The van der Waals surface area contributed by atoms with E-state index in [1.165, 1.54) is 6.92 Å². The maximum Gasteiger partial charge on any atom is 0.257 e. The van der Waals surface area contributed by atoms with Crippen molar-refractivity contribution >= 4 is 11.7 Å². The second-order valence-corrected chi connectivity index (χ2v) is 3.45. The number of nitrogens with one attached hydrogen (secondary N) is 1. The maximum atomic E-state index is 11.5. The molecule has 0 saturated heterocycles. The zero-order chi connectivity index (χ0) is 12.0. The van der Waals surface area contributed by atoms with Crippen molar-refractivity contribution in [3.63, 3.8) is 0 Å². The van der Waals surface area contributed by atoms with Crippen LogP contribution < -0.4 is 22.3 Å². The molecule has 1 aromatic heterocycles. The number of Topliss-reactive ketones (excluding diaryl/α,β-unsaturated/α-hetero) is 1. The minimum absolute atomic E-state index is 0. The summed E-state index contributed by atoms with van der Waals surface area (Å²) in [6.07, 6.45) is 3.33. The van der Waals surface area contributed by atoms with Crippen LogP contribution in [0.1, 0.15) is 17.3 Å².